The molecule has 6 nitrogen and oxygen atoms in total. The summed E-state index contributed by atoms with van der Waals surface area (Å²) in [6.45, 7) is 1.12. The molecule has 0 aliphatic rings. The molecule has 0 unspecified atom stereocenters. The van der Waals surface area contributed by atoms with Gasteiger partial charge in [0.15, 0.2) is 0 Å². The van der Waals surface area contributed by atoms with Gasteiger partial charge in [-0.15, -0.1) is 0 Å². The normalized spacial score (nSPS) is 9.11. The number of nitrogens with one attached hydrogen (secondary N) is 1. The lowest BCUT2D eigenvalue weighted by atomic mass is 10.8. The molecule has 0 aliphatic carbocycles. The molecule has 0 spiro atoms. The zero-order chi connectivity index (χ0) is 7.11. The first kappa shape index (κ1) is 8.31. The summed E-state index contributed by atoms with van der Waals surface area (Å²) in [6, 6.07) is 0. The van der Waals surface area contributed by atoms with E-state index < -0.39 is 5.91 Å². The van der Waals surface area contributed by atoms with Crippen molar-refractivity contribution in [1.82, 2.24) is 5.48 Å². The molecule has 0 aliphatic heterocycles. The Morgan fingerprint density at radius 2 is 2.44 bits per heavy atom. The second kappa shape index (κ2) is 5.45. The van der Waals surface area contributed by atoms with Crippen molar-refractivity contribution < 1.29 is 19.7 Å². The quantitative estimate of drug-likeness (QED) is 0.220. The SMILES string of the molecule is CC(=O)NOOOCN. The molecule has 0 aromatic carbocycles. The van der Waals surface area contributed by atoms with Crippen LogP contribution in [0.5, 0.6) is 0 Å². The van der Waals surface area contributed by atoms with Crippen molar-refractivity contribution in [3.63, 3.8) is 0 Å². The van der Waals surface area contributed by atoms with Gasteiger partial charge in [-0.05, 0) is 5.04 Å². The average molecular weight is 136 g/mol. The Kier molecular flexibility index (Phi) is 5.03. The second-order valence-electron chi connectivity index (χ2n) is 1.09. The Morgan fingerprint density at radius 3 is 2.89 bits per heavy atom. The molecule has 9 heavy (non-hydrogen) atoms. The van der Waals surface area contributed by atoms with E-state index in [1.54, 1.807) is 0 Å². The predicted octanol–water partition coefficient (Wildman–Crippen LogP) is -1.17. The van der Waals surface area contributed by atoms with Crippen molar-refractivity contribution >= 4 is 5.91 Å². The van der Waals surface area contributed by atoms with E-state index in [1.165, 1.54) is 6.92 Å². The van der Waals surface area contributed by atoms with Crippen LogP contribution in [-0.2, 0) is 19.7 Å². The maximum atomic E-state index is 10.0. The fourth-order valence-corrected chi connectivity index (χ4v) is 0.128. The standard InChI is InChI=1S/C3H8N2O4/c1-3(6)5-8-9-7-2-4/h2,4H2,1H3,(H,5,6). The number of carbonyl (C=O) groups is 1. The Balaban J connectivity index is 2.83. The number of carbonyl (C=O) groups excluding carboxylic acids is 1. The lowest BCUT2D eigenvalue weighted by Gasteiger charge is -1.97. The number of hydrogen-bond acceptors (Lipinski definition) is 5. The summed E-state index contributed by atoms with van der Waals surface area (Å²) in [5.74, 6) is -0.393. The van der Waals surface area contributed by atoms with E-state index in [0.29, 0.717) is 0 Å². The minimum absolute atomic E-state index is 0.139. The highest BCUT2D eigenvalue weighted by Crippen LogP contribution is 1.72. The second-order valence-corrected chi connectivity index (χ2v) is 1.09. The molecule has 0 rings (SSSR count). The maximum absolute atomic E-state index is 10.0. The van der Waals surface area contributed by atoms with Crippen LogP contribution in [0.3, 0.4) is 0 Å². The minimum Gasteiger partial charge on any atom is -0.306 e. The lowest BCUT2D eigenvalue weighted by molar-refractivity contribution is -0.528. The van der Waals surface area contributed by atoms with Gasteiger partial charge in [-0.2, -0.15) is 4.89 Å². The topological polar surface area (TPSA) is 82.8 Å². The van der Waals surface area contributed by atoms with Gasteiger partial charge in [0.05, 0.1) is 0 Å². The van der Waals surface area contributed by atoms with Gasteiger partial charge >= 0.3 is 0 Å². The van der Waals surface area contributed by atoms with Crippen LogP contribution in [0.1, 0.15) is 6.92 Å². The Hall–Kier alpha value is -0.690. The summed E-state index contributed by atoms with van der Waals surface area (Å²) in [4.78, 5) is 18.0. The molecule has 0 fully saturated rings. The average Bonchev–Trinajstić information content (AvgIpc) is 1.80. The molecule has 0 aromatic rings. The van der Waals surface area contributed by atoms with Crippen LogP contribution in [-0.4, -0.2) is 12.6 Å². The van der Waals surface area contributed by atoms with Crippen molar-refractivity contribution in [3.8, 4) is 0 Å². The zero-order valence-corrected chi connectivity index (χ0v) is 4.92. The fraction of sp³-hybridized carbons (Fsp3) is 0.667. The van der Waals surface area contributed by atoms with E-state index in [4.69, 9.17) is 5.73 Å². The van der Waals surface area contributed by atoms with Gasteiger partial charge in [-0.3, -0.25) is 4.79 Å². The number of hydroxylamine groups is 1. The van der Waals surface area contributed by atoms with Gasteiger partial charge in [0, 0.05) is 6.92 Å². The summed E-state index contributed by atoms with van der Waals surface area (Å²) < 4.78 is 0. The highest BCUT2D eigenvalue weighted by molar-refractivity contribution is 5.71. The maximum Gasteiger partial charge on any atom is 0.242 e. The summed E-state index contributed by atoms with van der Waals surface area (Å²) in [7, 11) is 0. The zero-order valence-electron chi connectivity index (χ0n) is 4.92. The summed E-state index contributed by atoms with van der Waals surface area (Å²) in [5, 5.41) is 3.84. The van der Waals surface area contributed by atoms with Gasteiger partial charge in [-0.1, -0.05) is 4.99 Å². The Labute approximate surface area is 51.7 Å². The van der Waals surface area contributed by atoms with Gasteiger partial charge in [0.1, 0.15) is 6.73 Å². The summed E-state index contributed by atoms with van der Waals surface area (Å²) >= 11 is 0. The van der Waals surface area contributed by atoms with Crippen molar-refractivity contribution in [2.75, 3.05) is 6.73 Å². The van der Waals surface area contributed by atoms with Crippen molar-refractivity contribution in [2.45, 2.75) is 6.92 Å². The molecule has 1 amide bonds. The van der Waals surface area contributed by atoms with E-state index in [-0.39, 0.29) is 6.73 Å². The first-order chi connectivity index (χ1) is 4.27. The number of rotatable bonds is 4. The van der Waals surface area contributed by atoms with Crippen molar-refractivity contribution in [1.29, 1.82) is 0 Å². The van der Waals surface area contributed by atoms with Crippen LogP contribution in [0.25, 0.3) is 0 Å². The molecular formula is C3H8N2O4. The molecule has 0 saturated carbocycles. The molecular weight excluding hydrogens is 128 g/mol. The first-order valence-corrected chi connectivity index (χ1v) is 2.19. The summed E-state index contributed by atoms with van der Waals surface area (Å²) in [5.41, 5.74) is 6.64. The lowest BCUT2D eigenvalue weighted by Crippen LogP contribution is -2.21. The van der Waals surface area contributed by atoms with Gasteiger partial charge < -0.3 is 5.73 Å². The van der Waals surface area contributed by atoms with E-state index >= 15 is 0 Å². The summed E-state index contributed by atoms with van der Waals surface area (Å²) in [6.07, 6.45) is 0. The van der Waals surface area contributed by atoms with Gasteiger partial charge in [0.25, 0.3) is 0 Å². The largest absolute Gasteiger partial charge is 0.306 e. The first-order valence-electron chi connectivity index (χ1n) is 2.19. The molecule has 0 aromatic heterocycles. The smallest absolute Gasteiger partial charge is 0.242 e. The molecule has 0 radical (unpaired) electrons. The molecule has 0 saturated heterocycles. The van der Waals surface area contributed by atoms with Crippen LogP contribution in [0.4, 0.5) is 0 Å². The fourth-order valence-electron chi connectivity index (χ4n) is 0.128. The number of hydrogen-bond donors (Lipinski definition) is 2. The third-order valence-electron chi connectivity index (χ3n) is 0.336. The van der Waals surface area contributed by atoms with Gasteiger partial charge in [-0.25, -0.2) is 5.48 Å². The molecule has 6 heteroatoms. The molecule has 0 bridgehead atoms. The molecule has 0 atom stereocenters. The monoisotopic (exact) mass is 136 g/mol. The predicted molar refractivity (Wildman–Crippen MR) is 26.1 cm³/mol. The van der Waals surface area contributed by atoms with Gasteiger partial charge in [0.2, 0.25) is 5.91 Å². The highest BCUT2D eigenvalue weighted by atomic mass is 17.5. The van der Waals surface area contributed by atoms with Crippen LogP contribution in [0.2, 0.25) is 0 Å². The van der Waals surface area contributed by atoms with E-state index in [1.807, 2.05) is 5.48 Å². The number of amides is 1. The van der Waals surface area contributed by atoms with Crippen LogP contribution >= 0.6 is 0 Å². The van der Waals surface area contributed by atoms with Crippen LogP contribution < -0.4 is 11.2 Å². The van der Waals surface area contributed by atoms with Crippen LogP contribution in [0.15, 0.2) is 0 Å². The van der Waals surface area contributed by atoms with E-state index in [0.717, 1.165) is 0 Å². The Morgan fingerprint density at radius 1 is 1.78 bits per heavy atom. The van der Waals surface area contributed by atoms with E-state index in [2.05, 4.69) is 14.9 Å². The van der Waals surface area contributed by atoms with Crippen molar-refractivity contribution in [3.05, 3.63) is 0 Å². The molecule has 54 valence electrons. The third kappa shape index (κ3) is 7.31. The minimum atomic E-state index is -0.393. The van der Waals surface area contributed by atoms with Crippen molar-refractivity contribution in [2.24, 2.45) is 5.73 Å². The molecule has 3 N–H and O–H groups in total. The highest BCUT2D eigenvalue weighted by Gasteiger charge is 1.88. The van der Waals surface area contributed by atoms with Crippen LogP contribution in [0, 0.1) is 0 Å². The third-order valence-corrected chi connectivity index (χ3v) is 0.336. The molecule has 0 heterocycles. The Bertz CT molecular complexity index is 85.9. The number of nitrogens with two attached hydrogens (primary N) is 1. The van der Waals surface area contributed by atoms with E-state index in [9.17, 15) is 4.79 Å².